The number of halogens is 26. The third-order valence-corrected chi connectivity index (χ3v) is 8.99. The van der Waals surface area contributed by atoms with Gasteiger partial charge in [0.1, 0.15) is 0 Å². The lowest BCUT2D eigenvalue weighted by molar-refractivity contribution is -0.440. The van der Waals surface area contributed by atoms with Gasteiger partial charge in [0.05, 0.1) is 0 Å². The van der Waals surface area contributed by atoms with Gasteiger partial charge in [0, 0.05) is 36.3 Å². The van der Waals surface area contributed by atoms with Crippen molar-refractivity contribution < 1.29 is 114 Å². The van der Waals surface area contributed by atoms with Crippen LogP contribution >= 0.6 is 0 Å². The molecule has 2 rings (SSSR count). The molecule has 0 heterocycles. The Labute approximate surface area is 319 Å². The number of hydrogen-bond acceptors (Lipinski definition) is 2. The van der Waals surface area contributed by atoms with Crippen molar-refractivity contribution in [3.8, 4) is 0 Å². The first-order valence-electron chi connectivity index (χ1n) is 16.0. The Morgan fingerprint density at radius 1 is 0.350 bits per heavy atom. The molecule has 346 valence electrons. The van der Waals surface area contributed by atoms with E-state index in [1.165, 1.54) is 12.1 Å². The largest absolute Gasteiger partial charge is 0.460 e. The molecule has 0 fully saturated rings. The minimum absolute atomic E-state index is 0.0564. The average molecular weight is 933 g/mol. The number of nitrogens with one attached hydrogen (secondary N) is 2. The van der Waals surface area contributed by atoms with E-state index < -0.39 is 121 Å². The van der Waals surface area contributed by atoms with E-state index >= 15 is 0 Å². The van der Waals surface area contributed by atoms with Gasteiger partial charge in [-0.15, -0.1) is 0 Å². The number of hydrogen-bond donors (Lipinski definition) is 2. The highest BCUT2D eigenvalue weighted by Gasteiger charge is 2.92. The van der Waals surface area contributed by atoms with Crippen LogP contribution in [0.25, 0.3) is 0 Å². The Bertz CT molecular complexity index is 1640. The lowest BCUT2D eigenvalue weighted by Crippen LogP contribution is -2.70. The fraction of sp³-hybridized carbons (Fsp3) is 0.625. The SMILES string of the molecule is Cc1ccccc1NC(CCC(F)(F)C(F)(F)C(F)(F)C(F)(F)C(F)(F)C(F)(F)F)C(CCC(F)(F)C(F)(F)C(F)(F)C(F)(F)C(F)(F)C(F)(F)F)Nc1ccccc1C. The predicted octanol–water partition coefficient (Wildman–Crippen LogP) is 13.6. The minimum Gasteiger partial charge on any atom is -0.380 e. The molecular formula is C32H26F26N2. The van der Waals surface area contributed by atoms with Gasteiger partial charge >= 0.3 is 71.6 Å². The minimum atomic E-state index is -8.33. The van der Waals surface area contributed by atoms with Crippen molar-refractivity contribution in [1.29, 1.82) is 0 Å². The highest BCUT2D eigenvalue weighted by atomic mass is 19.4. The second kappa shape index (κ2) is 16.2. The molecule has 0 aliphatic rings. The zero-order valence-electron chi connectivity index (χ0n) is 29.4. The number of alkyl halides is 26. The Kier molecular flexibility index (Phi) is 14.1. The molecule has 2 unspecified atom stereocenters. The summed E-state index contributed by atoms with van der Waals surface area (Å²) in [5.41, 5.74) is -0.958. The third kappa shape index (κ3) is 8.78. The molecular weight excluding hydrogens is 906 g/mol. The van der Waals surface area contributed by atoms with Gasteiger partial charge in [0.2, 0.25) is 0 Å². The fourth-order valence-corrected chi connectivity index (χ4v) is 5.21. The van der Waals surface area contributed by atoms with Gasteiger partial charge in [-0.25, -0.2) is 0 Å². The second-order valence-electron chi connectivity index (χ2n) is 13.2. The summed E-state index contributed by atoms with van der Waals surface area (Å²) in [5, 5.41) is 4.24. The lowest BCUT2D eigenvalue weighted by atomic mass is 9.87. The summed E-state index contributed by atoms with van der Waals surface area (Å²) in [5.74, 6) is -78.9. The van der Waals surface area contributed by atoms with Crippen LogP contribution in [0.4, 0.5) is 126 Å². The van der Waals surface area contributed by atoms with E-state index in [4.69, 9.17) is 0 Å². The topological polar surface area (TPSA) is 24.1 Å². The predicted molar refractivity (Wildman–Crippen MR) is 157 cm³/mol. The number of rotatable bonds is 19. The van der Waals surface area contributed by atoms with Gasteiger partial charge in [-0.3, -0.25) is 0 Å². The van der Waals surface area contributed by atoms with Crippen LogP contribution in [0.1, 0.15) is 36.8 Å². The Morgan fingerprint density at radius 2 is 0.583 bits per heavy atom. The monoisotopic (exact) mass is 932 g/mol. The lowest BCUT2D eigenvalue weighted by Gasteiger charge is -2.41. The van der Waals surface area contributed by atoms with Gasteiger partial charge in [-0.2, -0.15) is 114 Å². The first-order chi connectivity index (χ1) is 26.4. The number of aryl methyl sites for hydroxylation is 2. The quantitative estimate of drug-likeness (QED) is 0.137. The Morgan fingerprint density at radius 3 is 0.817 bits per heavy atom. The second-order valence-corrected chi connectivity index (χ2v) is 13.2. The van der Waals surface area contributed by atoms with Crippen molar-refractivity contribution >= 4 is 11.4 Å². The molecule has 2 aromatic carbocycles. The molecule has 2 aromatic rings. The normalized spacial score (nSPS) is 16.1. The maximum atomic E-state index is 14.9. The van der Waals surface area contributed by atoms with Gasteiger partial charge in [0.25, 0.3) is 0 Å². The fourth-order valence-electron chi connectivity index (χ4n) is 5.21. The maximum Gasteiger partial charge on any atom is 0.460 e. The molecule has 0 radical (unpaired) electrons. The first kappa shape index (κ1) is 52.4. The van der Waals surface area contributed by atoms with Crippen molar-refractivity contribution in [2.45, 2.75) is 123 Å². The highest BCUT2D eigenvalue weighted by molar-refractivity contribution is 5.54. The summed E-state index contributed by atoms with van der Waals surface area (Å²) in [4.78, 5) is 0. The number of para-hydroxylation sites is 2. The van der Waals surface area contributed by atoms with Gasteiger partial charge in [-0.1, -0.05) is 36.4 Å². The molecule has 0 amide bonds. The summed E-state index contributed by atoms with van der Waals surface area (Å²) in [7, 11) is 0. The summed E-state index contributed by atoms with van der Waals surface area (Å²) in [6, 6.07) is 3.59. The van der Waals surface area contributed by atoms with Crippen LogP contribution in [0.15, 0.2) is 48.5 Å². The van der Waals surface area contributed by atoms with Crippen LogP contribution in [0.2, 0.25) is 0 Å². The molecule has 28 heteroatoms. The van der Waals surface area contributed by atoms with E-state index in [2.05, 4.69) is 10.6 Å². The Hall–Kier alpha value is -3.78. The molecule has 2 N–H and O–H groups in total. The van der Waals surface area contributed by atoms with Crippen LogP contribution in [-0.2, 0) is 0 Å². The van der Waals surface area contributed by atoms with Crippen LogP contribution in [0.3, 0.4) is 0 Å². The molecule has 0 aliphatic heterocycles. The van der Waals surface area contributed by atoms with E-state index in [9.17, 15) is 114 Å². The molecule has 0 saturated carbocycles. The average Bonchev–Trinajstić information content (AvgIpc) is 3.08. The maximum absolute atomic E-state index is 14.9. The summed E-state index contributed by atoms with van der Waals surface area (Å²) >= 11 is 0. The number of benzene rings is 2. The number of anilines is 2. The molecule has 60 heavy (non-hydrogen) atoms. The summed E-state index contributed by atoms with van der Waals surface area (Å²) < 4.78 is 359. The smallest absolute Gasteiger partial charge is 0.380 e. The molecule has 2 nitrogen and oxygen atoms in total. The molecule has 2 atom stereocenters. The van der Waals surface area contributed by atoms with E-state index in [-0.39, 0.29) is 11.1 Å². The third-order valence-electron chi connectivity index (χ3n) is 8.99. The van der Waals surface area contributed by atoms with Crippen molar-refractivity contribution in [2.24, 2.45) is 0 Å². The van der Waals surface area contributed by atoms with Crippen LogP contribution in [0.5, 0.6) is 0 Å². The molecule has 0 aliphatic carbocycles. The van der Waals surface area contributed by atoms with Crippen LogP contribution in [-0.4, -0.2) is 83.7 Å². The molecule has 0 saturated heterocycles. The van der Waals surface area contributed by atoms with Crippen molar-refractivity contribution in [3.63, 3.8) is 0 Å². The summed E-state index contributed by atoms with van der Waals surface area (Å²) in [6.07, 6.45) is -25.8. The summed E-state index contributed by atoms with van der Waals surface area (Å²) in [6.45, 7) is 2.26. The van der Waals surface area contributed by atoms with Crippen molar-refractivity contribution in [1.82, 2.24) is 0 Å². The first-order valence-corrected chi connectivity index (χ1v) is 16.0. The van der Waals surface area contributed by atoms with Crippen molar-refractivity contribution in [2.75, 3.05) is 10.6 Å². The van der Waals surface area contributed by atoms with Gasteiger partial charge in [-0.05, 0) is 49.9 Å². The van der Waals surface area contributed by atoms with Crippen LogP contribution in [0, 0.1) is 13.8 Å². The van der Waals surface area contributed by atoms with Gasteiger partial charge < -0.3 is 10.6 Å². The van der Waals surface area contributed by atoms with E-state index in [0.717, 1.165) is 50.2 Å². The van der Waals surface area contributed by atoms with E-state index in [0.29, 0.717) is 0 Å². The van der Waals surface area contributed by atoms with Gasteiger partial charge in [0.15, 0.2) is 0 Å². The standard InChI is InChI=1S/C32H26F26N2/c1-15-7-3-5-9-17(15)59-19(11-13-21(33,34)23(37,38)25(41,42)27(45,46)29(49,50)31(53,54)55)20(60-18-10-6-4-8-16(18)2)12-14-22(35,36)24(39,40)26(43,44)28(47,48)30(51,52)32(56,57)58/h3-10,19-20,59-60H,11-14H2,1-2H3. The van der Waals surface area contributed by atoms with E-state index in [1.807, 2.05) is 0 Å². The van der Waals surface area contributed by atoms with Crippen molar-refractivity contribution in [3.05, 3.63) is 59.7 Å². The molecule has 0 bridgehead atoms. The highest BCUT2D eigenvalue weighted by Crippen LogP contribution is 2.62. The zero-order valence-corrected chi connectivity index (χ0v) is 29.4. The molecule has 0 spiro atoms. The molecule has 0 aromatic heterocycles. The van der Waals surface area contributed by atoms with E-state index in [1.54, 1.807) is 0 Å². The Balaban J connectivity index is 2.75. The van der Waals surface area contributed by atoms with Crippen LogP contribution < -0.4 is 10.6 Å². The zero-order chi connectivity index (χ0) is 47.4.